The third kappa shape index (κ3) is 15.7. The molecule has 0 N–H and O–H groups in total. The molecule has 0 aromatic carbocycles. The van der Waals surface area contributed by atoms with Crippen LogP contribution in [0.1, 0.15) is 112 Å². The van der Waals surface area contributed by atoms with Crippen molar-refractivity contribution in [3.63, 3.8) is 0 Å². The van der Waals surface area contributed by atoms with Gasteiger partial charge in [-0.2, -0.15) is 0 Å². The standard InChI is InChI=1S/C17H35P.C9H21P/c1-5-7-11-18(12-8-6-2)14-17-10-9-15(3)16(4)13-17;1-4-6-8-10(3)9-7-5-2/h15-17H,5-14H2,1-4H3;4-9H2,1-3H3/t15?,16?,17-;/m0./s1. The van der Waals surface area contributed by atoms with Crippen molar-refractivity contribution in [2.24, 2.45) is 17.8 Å². The Morgan fingerprint density at radius 3 is 1.54 bits per heavy atom. The summed E-state index contributed by atoms with van der Waals surface area (Å²) in [7, 11) is 0.779. The van der Waals surface area contributed by atoms with Crippen LogP contribution in [0.15, 0.2) is 0 Å². The van der Waals surface area contributed by atoms with Gasteiger partial charge in [0.05, 0.1) is 0 Å². The van der Waals surface area contributed by atoms with Crippen molar-refractivity contribution in [1.82, 2.24) is 0 Å². The second-order valence-electron chi connectivity index (χ2n) is 9.65. The van der Waals surface area contributed by atoms with Crippen molar-refractivity contribution in [3.05, 3.63) is 0 Å². The zero-order chi connectivity index (χ0) is 21.2. The summed E-state index contributed by atoms with van der Waals surface area (Å²) in [5, 5.41) is 0. The Labute approximate surface area is 183 Å². The molecule has 2 unspecified atom stereocenters. The molecule has 0 aliphatic heterocycles. The van der Waals surface area contributed by atoms with Gasteiger partial charge in [0, 0.05) is 0 Å². The molecule has 0 nitrogen and oxygen atoms in total. The summed E-state index contributed by atoms with van der Waals surface area (Å²) in [5.41, 5.74) is 0. The maximum absolute atomic E-state index is 2.48. The van der Waals surface area contributed by atoms with Crippen LogP contribution < -0.4 is 0 Å². The van der Waals surface area contributed by atoms with Gasteiger partial charge in [-0.15, -0.1) is 15.8 Å². The van der Waals surface area contributed by atoms with Crippen LogP contribution in [-0.4, -0.2) is 37.5 Å². The van der Waals surface area contributed by atoms with Gasteiger partial charge in [0.2, 0.25) is 0 Å². The second kappa shape index (κ2) is 19.8. The summed E-state index contributed by atoms with van der Waals surface area (Å²) in [6, 6.07) is 0. The highest BCUT2D eigenvalue weighted by Gasteiger charge is 2.26. The minimum absolute atomic E-state index is 0.371. The molecule has 0 saturated heterocycles. The Balaban J connectivity index is 0.000000621. The van der Waals surface area contributed by atoms with Gasteiger partial charge in [-0.05, 0) is 93.8 Å². The van der Waals surface area contributed by atoms with Crippen LogP contribution in [0.2, 0.25) is 0 Å². The molecule has 2 heteroatoms. The van der Waals surface area contributed by atoms with E-state index < -0.39 is 0 Å². The van der Waals surface area contributed by atoms with Crippen LogP contribution in [0.5, 0.6) is 0 Å². The summed E-state index contributed by atoms with van der Waals surface area (Å²) in [6.45, 7) is 16.6. The molecule has 1 aliphatic carbocycles. The molecule has 170 valence electrons. The van der Waals surface area contributed by atoms with Crippen LogP contribution >= 0.6 is 15.8 Å². The first kappa shape index (κ1) is 28.9. The fourth-order valence-electron chi connectivity index (χ4n) is 4.22. The Kier molecular flexibility index (Phi) is 20.4. The Morgan fingerprint density at radius 1 is 0.643 bits per heavy atom. The first-order valence-corrected chi connectivity index (χ1v) is 16.9. The van der Waals surface area contributed by atoms with E-state index in [2.05, 4.69) is 48.2 Å². The molecule has 3 atom stereocenters. The molecule has 0 aromatic heterocycles. The molecule has 0 amide bonds. The molecular weight excluding hydrogens is 374 g/mol. The number of rotatable bonds is 14. The maximum Gasteiger partial charge on any atom is -0.0297 e. The average molecular weight is 431 g/mol. The SMILES string of the molecule is CCCCP(C)CCCC.CCCCP(CCCC)C[C@H]1CCC(C)C(C)C1. The van der Waals surface area contributed by atoms with E-state index in [1.54, 1.807) is 18.5 Å². The number of hydrogen-bond donors (Lipinski definition) is 0. The summed E-state index contributed by atoms with van der Waals surface area (Å²) < 4.78 is 0. The van der Waals surface area contributed by atoms with Crippen LogP contribution in [0, 0.1) is 17.8 Å². The predicted octanol–water partition coefficient (Wildman–Crippen LogP) is 9.84. The number of hydrogen-bond acceptors (Lipinski definition) is 0. The van der Waals surface area contributed by atoms with Gasteiger partial charge in [-0.25, -0.2) is 0 Å². The highest BCUT2D eigenvalue weighted by molar-refractivity contribution is 7.57. The Bertz CT molecular complexity index is 302. The lowest BCUT2D eigenvalue weighted by Gasteiger charge is -2.34. The summed E-state index contributed by atoms with van der Waals surface area (Å²) in [5.74, 6) is 3.05. The van der Waals surface area contributed by atoms with Crippen molar-refractivity contribution in [2.75, 3.05) is 37.5 Å². The molecule has 0 heterocycles. The molecular formula is C26H56P2. The van der Waals surface area contributed by atoms with Crippen LogP contribution in [0.3, 0.4) is 0 Å². The van der Waals surface area contributed by atoms with Gasteiger partial charge in [-0.1, -0.05) is 73.6 Å². The topological polar surface area (TPSA) is 0 Å². The molecule has 0 radical (unpaired) electrons. The van der Waals surface area contributed by atoms with Gasteiger partial charge in [-0.3, -0.25) is 0 Å². The third-order valence-corrected chi connectivity index (χ3v) is 11.8. The zero-order valence-electron chi connectivity index (χ0n) is 20.9. The minimum Gasteiger partial charge on any atom is -0.110 e. The first-order chi connectivity index (χ1) is 13.5. The monoisotopic (exact) mass is 430 g/mol. The van der Waals surface area contributed by atoms with Crippen molar-refractivity contribution < 1.29 is 0 Å². The Hall–Kier alpha value is 0.860. The molecule has 1 aliphatic rings. The molecule has 1 fully saturated rings. The van der Waals surface area contributed by atoms with E-state index in [9.17, 15) is 0 Å². The normalized spacial score (nSPS) is 22.4. The average Bonchev–Trinajstić information content (AvgIpc) is 2.70. The van der Waals surface area contributed by atoms with E-state index in [1.807, 2.05) is 0 Å². The first-order valence-electron chi connectivity index (χ1n) is 12.9. The van der Waals surface area contributed by atoms with Gasteiger partial charge in [0.15, 0.2) is 0 Å². The van der Waals surface area contributed by atoms with Crippen LogP contribution in [0.4, 0.5) is 0 Å². The number of unbranched alkanes of at least 4 members (excludes halogenated alkanes) is 4. The fraction of sp³-hybridized carbons (Fsp3) is 1.00. The van der Waals surface area contributed by atoms with Crippen molar-refractivity contribution in [1.29, 1.82) is 0 Å². The minimum atomic E-state index is 0.371. The highest BCUT2D eigenvalue weighted by Crippen LogP contribution is 2.45. The molecule has 0 spiro atoms. The fourth-order valence-corrected chi connectivity index (χ4v) is 9.33. The largest absolute Gasteiger partial charge is 0.110 e. The summed E-state index contributed by atoms with van der Waals surface area (Å²) in [4.78, 5) is 0. The molecule has 0 aromatic rings. The third-order valence-electron chi connectivity index (χ3n) is 6.67. The molecule has 1 saturated carbocycles. The Morgan fingerprint density at radius 2 is 1.11 bits per heavy atom. The lowest BCUT2D eigenvalue weighted by Crippen LogP contribution is -2.23. The zero-order valence-corrected chi connectivity index (χ0v) is 22.7. The quantitative estimate of drug-likeness (QED) is 0.240. The van der Waals surface area contributed by atoms with Crippen molar-refractivity contribution in [2.45, 2.75) is 112 Å². The van der Waals surface area contributed by atoms with Crippen LogP contribution in [0.25, 0.3) is 0 Å². The van der Waals surface area contributed by atoms with Gasteiger partial charge in [0.25, 0.3) is 0 Å². The van der Waals surface area contributed by atoms with E-state index in [4.69, 9.17) is 0 Å². The molecule has 0 bridgehead atoms. The van der Waals surface area contributed by atoms with Crippen molar-refractivity contribution in [3.8, 4) is 0 Å². The lowest BCUT2D eigenvalue weighted by atomic mass is 9.76. The lowest BCUT2D eigenvalue weighted by molar-refractivity contribution is 0.222. The van der Waals surface area contributed by atoms with E-state index in [-0.39, 0.29) is 0 Å². The van der Waals surface area contributed by atoms with Crippen LogP contribution in [-0.2, 0) is 0 Å². The smallest absolute Gasteiger partial charge is 0.0297 e. The van der Waals surface area contributed by atoms with Gasteiger partial charge >= 0.3 is 0 Å². The van der Waals surface area contributed by atoms with Gasteiger partial charge in [0.1, 0.15) is 0 Å². The van der Waals surface area contributed by atoms with E-state index in [0.29, 0.717) is 15.8 Å². The van der Waals surface area contributed by atoms with E-state index >= 15 is 0 Å². The summed E-state index contributed by atoms with van der Waals surface area (Å²) >= 11 is 0. The van der Waals surface area contributed by atoms with E-state index in [1.165, 1.54) is 83.0 Å². The molecule has 1 rings (SSSR count). The maximum atomic E-state index is 2.48. The highest BCUT2D eigenvalue weighted by atomic mass is 31.1. The second-order valence-corrected chi connectivity index (χ2v) is 14.9. The van der Waals surface area contributed by atoms with E-state index in [0.717, 1.165) is 17.8 Å². The predicted molar refractivity (Wildman–Crippen MR) is 139 cm³/mol. The molecule has 28 heavy (non-hydrogen) atoms. The summed E-state index contributed by atoms with van der Waals surface area (Å²) in [6.07, 6.45) is 23.7. The van der Waals surface area contributed by atoms with Crippen molar-refractivity contribution >= 4 is 15.8 Å². The van der Waals surface area contributed by atoms with Gasteiger partial charge < -0.3 is 0 Å².